The normalized spacial score (nSPS) is 13.1. The Bertz CT molecular complexity index is 1780. The summed E-state index contributed by atoms with van der Waals surface area (Å²) in [5, 5.41) is 12.7. The van der Waals surface area contributed by atoms with Crippen LogP contribution in [0.25, 0.3) is 11.0 Å². The van der Waals surface area contributed by atoms with Crippen LogP contribution in [-0.2, 0) is 39.0 Å². The number of fused-ring (bicyclic) bond motifs is 1. The Morgan fingerprint density at radius 1 is 1.09 bits per heavy atom. The molecule has 0 saturated heterocycles. The van der Waals surface area contributed by atoms with Gasteiger partial charge < -0.3 is 20.3 Å². The van der Waals surface area contributed by atoms with E-state index in [-0.39, 0.29) is 18.0 Å². The molecule has 0 fully saturated rings. The van der Waals surface area contributed by atoms with Gasteiger partial charge in [-0.25, -0.2) is 9.86 Å². The van der Waals surface area contributed by atoms with Crippen molar-refractivity contribution in [3.8, 4) is 0 Å². The van der Waals surface area contributed by atoms with Crippen LogP contribution in [0.15, 0.2) is 70.4 Å². The summed E-state index contributed by atoms with van der Waals surface area (Å²) in [4.78, 5) is 18.3. The fourth-order valence-electron chi connectivity index (χ4n) is 4.53. The fourth-order valence-corrected chi connectivity index (χ4v) is 4.93. The molecular weight excluding hydrogens is 587 g/mol. The number of nitrogens with zero attached hydrogens (tertiary/aromatic N) is 1. The number of nitrogens with one attached hydrogen (secondary N) is 2. The summed E-state index contributed by atoms with van der Waals surface area (Å²) < 4.78 is 70.1. The van der Waals surface area contributed by atoms with E-state index in [1.165, 1.54) is 0 Å². The average molecular weight is 618 g/mol. The predicted molar refractivity (Wildman–Crippen MR) is 156 cm³/mol. The minimum Gasteiger partial charge on any atom is -0.464 e. The Hall–Kier alpha value is -4.56. The van der Waals surface area contributed by atoms with Gasteiger partial charge in [-0.3, -0.25) is 4.79 Å². The Balaban J connectivity index is 1.54. The van der Waals surface area contributed by atoms with Crippen LogP contribution in [0, 0.1) is 13.8 Å². The van der Waals surface area contributed by atoms with Gasteiger partial charge >= 0.3 is 6.18 Å². The molecule has 1 aromatic heterocycles. The lowest BCUT2D eigenvalue weighted by Gasteiger charge is -2.20. The monoisotopic (exact) mass is 617 g/mol. The summed E-state index contributed by atoms with van der Waals surface area (Å²) >= 11 is 0. The molecule has 4 rings (SSSR count). The molecule has 1 atom stereocenters. The van der Waals surface area contributed by atoms with Crippen molar-refractivity contribution >= 4 is 38.6 Å². The minimum absolute atomic E-state index is 0.0350. The molecule has 1 amide bonds. The highest BCUT2D eigenvalue weighted by atomic mass is 32.2. The molecule has 6 N–H and O–H groups in total. The van der Waals surface area contributed by atoms with Gasteiger partial charge in [0.2, 0.25) is 0 Å². The van der Waals surface area contributed by atoms with Gasteiger partial charge in [0.1, 0.15) is 18.2 Å². The molecule has 0 spiro atoms. The van der Waals surface area contributed by atoms with Crippen molar-refractivity contribution in [2.75, 3.05) is 5.32 Å². The number of carbonyl (C=O) groups excluding carboxylic acids is 1. The molecule has 0 aliphatic heterocycles. The Labute approximate surface area is 246 Å². The number of benzene rings is 3. The SMILES string of the molecule is CCc1cc(C(Nc2ccc(/C(N)=N\OCc3cc(C)cc(C(F)(F)F)c3)cc2)C(=O)NS(N)(=O)=O)cc2c(C)coc12. The van der Waals surface area contributed by atoms with Crippen LogP contribution >= 0.6 is 0 Å². The number of hydrogen-bond donors (Lipinski definition) is 4. The molecule has 1 unspecified atom stereocenters. The maximum absolute atomic E-state index is 13.1. The van der Waals surface area contributed by atoms with Gasteiger partial charge in [0.15, 0.2) is 5.84 Å². The first-order valence-corrected chi connectivity index (χ1v) is 14.5. The van der Waals surface area contributed by atoms with Gasteiger partial charge in [0, 0.05) is 16.6 Å². The van der Waals surface area contributed by atoms with Gasteiger partial charge in [-0.1, -0.05) is 23.7 Å². The first kappa shape index (κ1) is 31.4. The van der Waals surface area contributed by atoms with Crippen molar-refractivity contribution in [2.45, 2.75) is 46.0 Å². The van der Waals surface area contributed by atoms with Crippen molar-refractivity contribution in [3.05, 3.63) is 99.8 Å². The molecule has 0 radical (unpaired) electrons. The molecule has 4 aromatic rings. The molecule has 10 nitrogen and oxygen atoms in total. The van der Waals surface area contributed by atoms with E-state index in [9.17, 15) is 26.4 Å². The number of anilines is 1. The number of amides is 1. The molecular formula is C29H30F3N5O5S. The second-order valence-electron chi connectivity index (χ2n) is 9.95. The van der Waals surface area contributed by atoms with E-state index < -0.39 is 33.9 Å². The predicted octanol–water partition coefficient (Wildman–Crippen LogP) is 4.94. The van der Waals surface area contributed by atoms with Gasteiger partial charge in [-0.2, -0.15) is 21.6 Å². The zero-order valence-corrected chi connectivity index (χ0v) is 24.3. The topological polar surface area (TPSA) is 162 Å². The molecule has 43 heavy (non-hydrogen) atoms. The third kappa shape index (κ3) is 7.84. The smallest absolute Gasteiger partial charge is 0.416 e. The van der Waals surface area contributed by atoms with E-state index in [0.29, 0.717) is 34.4 Å². The van der Waals surface area contributed by atoms with E-state index in [1.807, 2.05) is 18.6 Å². The number of furan rings is 1. The third-order valence-corrected chi connectivity index (χ3v) is 7.02. The standard InChI is InChI=1S/C29H30F3N5O5S/c1-4-19-12-21(13-24-17(3)14-41-26(19)24)25(28(38)37-43(34,39)40)35-23-7-5-20(6-8-23)27(33)36-42-15-18-9-16(2)10-22(11-18)29(30,31)32/h5-14,25,35H,4,15H2,1-3H3,(H2,33,36)(H,37,38)(H2,34,39,40). The molecule has 3 aromatic carbocycles. The first-order valence-electron chi connectivity index (χ1n) is 13.0. The number of nitrogens with two attached hydrogens (primary N) is 2. The highest BCUT2D eigenvalue weighted by Gasteiger charge is 2.31. The van der Waals surface area contributed by atoms with Crippen LogP contribution in [0.5, 0.6) is 0 Å². The van der Waals surface area contributed by atoms with Crippen LogP contribution in [0.3, 0.4) is 0 Å². The molecule has 1 heterocycles. The van der Waals surface area contributed by atoms with E-state index in [1.54, 1.807) is 55.7 Å². The summed E-state index contributed by atoms with van der Waals surface area (Å²) in [6, 6.07) is 12.3. The summed E-state index contributed by atoms with van der Waals surface area (Å²) in [5.41, 5.74) is 9.64. The molecule has 228 valence electrons. The number of halogens is 3. The number of amidine groups is 1. The van der Waals surface area contributed by atoms with Gasteiger partial charge in [0.05, 0.1) is 11.8 Å². The van der Waals surface area contributed by atoms with E-state index in [2.05, 4.69) is 10.5 Å². The lowest BCUT2D eigenvalue weighted by molar-refractivity contribution is -0.137. The zero-order chi connectivity index (χ0) is 31.5. The maximum Gasteiger partial charge on any atom is 0.416 e. The van der Waals surface area contributed by atoms with Crippen LogP contribution in [0.4, 0.5) is 18.9 Å². The maximum atomic E-state index is 13.1. The van der Waals surface area contributed by atoms with Crippen LogP contribution < -0.4 is 20.9 Å². The lowest BCUT2D eigenvalue weighted by atomic mass is 9.98. The quantitative estimate of drug-likeness (QED) is 0.111. The summed E-state index contributed by atoms with van der Waals surface area (Å²) in [6.45, 7) is 5.11. The Kier molecular flexibility index (Phi) is 9.01. The number of aryl methyl sites for hydroxylation is 3. The van der Waals surface area contributed by atoms with Crippen molar-refractivity contribution in [3.63, 3.8) is 0 Å². The number of alkyl halides is 3. The van der Waals surface area contributed by atoms with Crippen molar-refractivity contribution in [1.82, 2.24) is 4.72 Å². The molecule has 0 aliphatic rings. The number of hydrogen-bond acceptors (Lipinski definition) is 7. The van der Waals surface area contributed by atoms with Crippen molar-refractivity contribution in [2.24, 2.45) is 16.0 Å². The van der Waals surface area contributed by atoms with Gasteiger partial charge in [-0.05, 0) is 91.1 Å². The average Bonchev–Trinajstić information content (AvgIpc) is 3.30. The second-order valence-corrected chi connectivity index (χ2v) is 11.2. The zero-order valence-electron chi connectivity index (χ0n) is 23.5. The molecule has 0 saturated carbocycles. The fraction of sp³-hybridized carbons (Fsp3) is 0.241. The van der Waals surface area contributed by atoms with E-state index >= 15 is 0 Å². The second kappa shape index (κ2) is 12.4. The number of carbonyl (C=O) groups is 1. The van der Waals surface area contributed by atoms with Crippen LogP contribution in [-0.4, -0.2) is 20.2 Å². The lowest BCUT2D eigenvalue weighted by Crippen LogP contribution is -2.41. The molecule has 0 aliphatic carbocycles. The largest absolute Gasteiger partial charge is 0.464 e. The Morgan fingerprint density at radius 2 is 1.79 bits per heavy atom. The first-order chi connectivity index (χ1) is 20.1. The highest BCUT2D eigenvalue weighted by molar-refractivity contribution is 7.87. The van der Waals surface area contributed by atoms with E-state index in [0.717, 1.165) is 28.6 Å². The van der Waals surface area contributed by atoms with Gasteiger partial charge in [-0.15, -0.1) is 0 Å². The number of oxime groups is 1. The summed E-state index contributed by atoms with van der Waals surface area (Å²) in [7, 11) is -4.34. The van der Waals surface area contributed by atoms with E-state index in [4.69, 9.17) is 20.1 Å². The highest BCUT2D eigenvalue weighted by Crippen LogP contribution is 2.32. The Morgan fingerprint density at radius 3 is 2.42 bits per heavy atom. The van der Waals surface area contributed by atoms with Crippen LogP contribution in [0.2, 0.25) is 0 Å². The third-order valence-electron chi connectivity index (χ3n) is 6.54. The van der Waals surface area contributed by atoms with Crippen molar-refractivity contribution in [1.29, 1.82) is 0 Å². The summed E-state index contributed by atoms with van der Waals surface area (Å²) in [6.07, 6.45) is -2.28. The minimum atomic E-state index is -4.49. The van der Waals surface area contributed by atoms with Gasteiger partial charge in [0.25, 0.3) is 16.1 Å². The molecule has 0 bridgehead atoms. The summed E-state index contributed by atoms with van der Waals surface area (Å²) in [5.74, 6) is -0.930. The van der Waals surface area contributed by atoms with Crippen LogP contribution in [0.1, 0.15) is 51.9 Å². The van der Waals surface area contributed by atoms with Crippen molar-refractivity contribution < 1.29 is 35.6 Å². The number of rotatable bonds is 10. The molecule has 14 heteroatoms.